The van der Waals surface area contributed by atoms with Gasteiger partial charge < -0.3 is 14.9 Å². The number of rotatable bonds is 6. The molecule has 5 heteroatoms. The fourth-order valence-corrected chi connectivity index (χ4v) is 1.25. The van der Waals surface area contributed by atoms with Gasteiger partial charge in [-0.2, -0.15) is 0 Å². The van der Waals surface area contributed by atoms with E-state index in [2.05, 4.69) is 0 Å². The van der Waals surface area contributed by atoms with Crippen LogP contribution in [0, 0.1) is 5.82 Å². The lowest BCUT2D eigenvalue weighted by Crippen LogP contribution is -2.09. The molecule has 0 aliphatic carbocycles. The minimum atomic E-state index is -1.08. The maximum Gasteiger partial charge on any atom is 0.341 e. The molecule has 0 radical (unpaired) electrons. The topological polar surface area (TPSA) is 66.8 Å². The lowest BCUT2D eigenvalue weighted by molar-refractivity contribution is -0.139. The summed E-state index contributed by atoms with van der Waals surface area (Å²) in [6, 6.07) is 4.05. The highest BCUT2D eigenvalue weighted by Crippen LogP contribution is 2.18. The molecule has 4 nitrogen and oxygen atoms in total. The zero-order valence-electron chi connectivity index (χ0n) is 8.65. The number of carboxylic acids is 1. The van der Waals surface area contributed by atoms with Gasteiger partial charge in [0.25, 0.3) is 0 Å². The van der Waals surface area contributed by atoms with E-state index in [9.17, 15) is 9.18 Å². The molecule has 0 aromatic heterocycles. The average Bonchev–Trinajstić information content (AvgIpc) is 2.26. The van der Waals surface area contributed by atoms with Crippen molar-refractivity contribution < 1.29 is 24.1 Å². The molecule has 1 aromatic carbocycles. The van der Waals surface area contributed by atoms with Crippen LogP contribution in [0.1, 0.15) is 12.0 Å². The number of aliphatic hydroxyl groups excluding tert-OH is 1. The standard InChI is InChI=1S/C11H13FO4/c12-10-4-3-9(16-7-11(14)15)6-8(10)2-1-5-13/h3-4,6,13H,1-2,5,7H2,(H,14,15). The van der Waals surface area contributed by atoms with Crippen LogP contribution in [0.15, 0.2) is 18.2 Å². The predicted octanol–water partition coefficient (Wildman–Crippen LogP) is 1.21. The largest absolute Gasteiger partial charge is 0.482 e. The molecular formula is C11H13FO4. The van der Waals surface area contributed by atoms with Crippen LogP contribution in [0.5, 0.6) is 5.75 Å². The number of hydrogen-bond acceptors (Lipinski definition) is 3. The first kappa shape index (κ1) is 12.4. The Morgan fingerprint density at radius 1 is 1.44 bits per heavy atom. The smallest absolute Gasteiger partial charge is 0.341 e. The van der Waals surface area contributed by atoms with Crippen LogP contribution in [0.4, 0.5) is 4.39 Å². The summed E-state index contributed by atoms with van der Waals surface area (Å²) in [5.74, 6) is -1.14. The third kappa shape index (κ3) is 3.86. The summed E-state index contributed by atoms with van der Waals surface area (Å²) in [6.45, 7) is -0.468. The Balaban J connectivity index is 2.68. The molecule has 1 rings (SSSR count). The van der Waals surface area contributed by atoms with Gasteiger partial charge in [0.05, 0.1) is 0 Å². The van der Waals surface area contributed by atoms with Gasteiger partial charge in [-0.15, -0.1) is 0 Å². The van der Waals surface area contributed by atoms with Crippen molar-refractivity contribution in [2.45, 2.75) is 12.8 Å². The molecule has 0 fully saturated rings. The second-order valence-corrected chi connectivity index (χ2v) is 3.26. The minimum Gasteiger partial charge on any atom is -0.482 e. The first-order valence-corrected chi connectivity index (χ1v) is 4.87. The quantitative estimate of drug-likeness (QED) is 0.768. The van der Waals surface area contributed by atoms with Crippen LogP contribution in [0.2, 0.25) is 0 Å². The SMILES string of the molecule is O=C(O)COc1ccc(F)c(CCCO)c1. The van der Waals surface area contributed by atoms with E-state index in [0.29, 0.717) is 24.2 Å². The normalized spacial score (nSPS) is 10.1. The number of benzene rings is 1. The highest BCUT2D eigenvalue weighted by Gasteiger charge is 2.05. The van der Waals surface area contributed by atoms with Gasteiger partial charge in [-0.1, -0.05) is 0 Å². The lowest BCUT2D eigenvalue weighted by Gasteiger charge is -2.06. The molecule has 0 spiro atoms. The van der Waals surface area contributed by atoms with Crippen molar-refractivity contribution in [1.29, 1.82) is 0 Å². The van der Waals surface area contributed by atoms with Crippen molar-refractivity contribution in [2.75, 3.05) is 13.2 Å². The molecular weight excluding hydrogens is 215 g/mol. The molecule has 0 amide bonds. The maximum absolute atomic E-state index is 13.2. The van der Waals surface area contributed by atoms with Crippen molar-refractivity contribution in [3.8, 4) is 5.75 Å². The Labute approximate surface area is 92.3 Å². The van der Waals surface area contributed by atoms with Gasteiger partial charge in [-0.25, -0.2) is 9.18 Å². The number of ether oxygens (including phenoxy) is 1. The van der Waals surface area contributed by atoms with Gasteiger partial charge >= 0.3 is 5.97 Å². The monoisotopic (exact) mass is 228 g/mol. The third-order valence-corrected chi connectivity index (χ3v) is 1.98. The van der Waals surface area contributed by atoms with Gasteiger partial charge in [-0.3, -0.25) is 0 Å². The Morgan fingerprint density at radius 2 is 2.19 bits per heavy atom. The summed E-state index contributed by atoms with van der Waals surface area (Å²) in [6.07, 6.45) is 0.853. The number of carbonyl (C=O) groups is 1. The van der Waals surface area contributed by atoms with Crippen molar-refractivity contribution >= 4 is 5.97 Å². The van der Waals surface area contributed by atoms with Crippen LogP contribution < -0.4 is 4.74 Å². The van der Waals surface area contributed by atoms with Gasteiger partial charge in [0.2, 0.25) is 0 Å². The number of aliphatic hydroxyl groups is 1. The Bertz CT molecular complexity index is 365. The molecule has 0 unspecified atom stereocenters. The van der Waals surface area contributed by atoms with E-state index in [-0.39, 0.29) is 12.4 Å². The van der Waals surface area contributed by atoms with Crippen LogP contribution >= 0.6 is 0 Å². The van der Waals surface area contributed by atoms with E-state index >= 15 is 0 Å². The summed E-state index contributed by atoms with van der Waals surface area (Å²) >= 11 is 0. The van der Waals surface area contributed by atoms with Crippen LogP contribution in [0.25, 0.3) is 0 Å². The third-order valence-electron chi connectivity index (χ3n) is 1.98. The first-order valence-electron chi connectivity index (χ1n) is 4.87. The predicted molar refractivity (Wildman–Crippen MR) is 54.9 cm³/mol. The van der Waals surface area contributed by atoms with E-state index in [1.54, 1.807) is 0 Å². The fraction of sp³-hybridized carbons (Fsp3) is 0.364. The molecule has 0 saturated heterocycles. The Hall–Kier alpha value is -1.62. The zero-order chi connectivity index (χ0) is 12.0. The number of hydrogen-bond donors (Lipinski definition) is 2. The highest BCUT2D eigenvalue weighted by atomic mass is 19.1. The van der Waals surface area contributed by atoms with Crippen LogP contribution in [-0.4, -0.2) is 29.4 Å². The summed E-state index contributed by atoms with van der Waals surface area (Å²) in [4.78, 5) is 10.3. The minimum absolute atomic E-state index is 0.0142. The number of carboxylic acid groups (broad SMARTS) is 1. The maximum atomic E-state index is 13.2. The molecule has 0 saturated carbocycles. The average molecular weight is 228 g/mol. The summed E-state index contributed by atoms with van der Waals surface area (Å²) < 4.78 is 18.2. The van der Waals surface area contributed by atoms with E-state index in [4.69, 9.17) is 14.9 Å². The molecule has 0 aliphatic rings. The first-order chi connectivity index (χ1) is 7.63. The molecule has 0 atom stereocenters. The fourth-order valence-electron chi connectivity index (χ4n) is 1.25. The van der Waals surface area contributed by atoms with Gasteiger partial charge in [0, 0.05) is 6.61 Å². The summed E-state index contributed by atoms with van der Waals surface area (Å²) in [5, 5.41) is 17.0. The van der Waals surface area contributed by atoms with E-state index in [1.165, 1.54) is 18.2 Å². The van der Waals surface area contributed by atoms with E-state index in [0.717, 1.165) is 0 Å². The van der Waals surface area contributed by atoms with Crippen molar-refractivity contribution in [3.63, 3.8) is 0 Å². The number of halogens is 1. The molecule has 0 heterocycles. The molecule has 0 aliphatic heterocycles. The Morgan fingerprint density at radius 3 is 2.81 bits per heavy atom. The number of aryl methyl sites for hydroxylation is 1. The van der Waals surface area contributed by atoms with E-state index < -0.39 is 12.6 Å². The second kappa shape index (κ2) is 6.07. The Kier molecular flexibility index (Phi) is 4.72. The molecule has 2 N–H and O–H groups in total. The molecule has 0 bridgehead atoms. The van der Waals surface area contributed by atoms with Crippen LogP contribution in [-0.2, 0) is 11.2 Å². The summed E-state index contributed by atoms with van der Waals surface area (Å²) in [7, 11) is 0. The molecule has 16 heavy (non-hydrogen) atoms. The number of aliphatic carboxylic acids is 1. The molecule has 1 aromatic rings. The van der Waals surface area contributed by atoms with Crippen molar-refractivity contribution in [1.82, 2.24) is 0 Å². The van der Waals surface area contributed by atoms with Gasteiger partial charge in [0.15, 0.2) is 6.61 Å². The zero-order valence-corrected chi connectivity index (χ0v) is 8.65. The van der Waals surface area contributed by atoms with Crippen molar-refractivity contribution in [3.05, 3.63) is 29.6 Å². The highest BCUT2D eigenvalue weighted by molar-refractivity contribution is 5.68. The van der Waals surface area contributed by atoms with E-state index in [1.807, 2.05) is 0 Å². The second-order valence-electron chi connectivity index (χ2n) is 3.26. The molecule has 88 valence electrons. The van der Waals surface area contributed by atoms with Gasteiger partial charge in [0.1, 0.15) is 11.6 Å². The lowest BCUT2D eigenvalue weighted by atomic mass is 10.1. The van der Waals surface area contributed by atoms with Gasteiger partial charge in [-0.05, 0) is 36.6 Å². The summed E-state index contributed by atoms with van der Waals surface area (Å²) in [5.41, 5.74) is 0.414. The van der Waals surface area contributed by atoms with Crippen molar-refractivity contribution in [2.24, 2.45) is 0 Å². The van der Waals surface area contributed by atoms with Crippen LogP contribution in [0.3, 0.4) is 0 Å².